The number of piperazine rings is 1. The Morgan fingerprint density at radius 1 is 0.955 bits per heavy atom. The van der Waals surface area contributed by atoms with Gasteiger partial charge in [-0.3, -0.25) is 4.90 Å². The first-order valence-electron chi connectivity index (χ1n) is 7.30. The van der Waals surface area contributed by atoms with Crippen molar-refractivity contribution in [2.75, 3.05) is 26.2 Å². The van der Waals surface area contributed by atoms with E-state index in [1.54, 1.807) is 0 Å². The molecule has 2 aromatic rings. The molecule has 1 aliphatic heterocycles. The van der Waals surface area contributed by atoms with E-state index in [9.17, 15) is 0 Å². The van der Waals surface area contributed by atoms with Crippen LogP contribution in [0.3, 0.4) is 0 Å². The summed E-state index contributed by atoms with van der Waals surface area (Å²) in [6.07, 6.45) is 0. The molecule has 0 aromatic heterocycles. The summed E-state index contributed by atoms with van der Waals surface area (Å²) >= 11 is 15.9. The van der Waals surface area contributed by atoms with Crippen LogP contribution in [0.1, 0.15) is 17.2 Å². The van der Waals surface area contributed by atoms with Crippen LogP contribution >= 0.6 is 39.1 Å². The molecule has 1 N–H and O–H groups in total. The first-order valence-corrected chi connectivity index (χ1v) is 8.85. The predicted octanol–water partition coefficient (Wildman–Crippen LogP) is 4.75. The number of nitrogens with one attached hydrogen (secondary N) is 1. The highest BCUT2D eigenvalue weighted by Crippen LogP contribution is 2.33. The number of benzene rings is 2. The fraction of sp³-hybridized carbons (Fsp3) is 0.294. The van der Waals surface area contributed by atoms with Crippen LogP contribution in [0.15, 0.2) is 46.9 Å². The van der Waals surface area contributed by atoms with E-state index in [0.717, 1.165) is 30.7 Å². The van der Waals surface area contributed by atoms with E-state index < -0.39 is 0 Å². The topological polar surface area (TPSA) is 15.3 Å². The van der Waals surface area contributed by atoms with Gasteiger partial charge in [-0.1, -0.05) is 57.3 Å². The molecule has 0 saturated carbocycles. The van der Waals surface area contributed by atoms with Gasteiger partial charge in [0.05, 0.1) is 16.1 Å². The summed E-state index contributed by atoms with van der Waals surface area (Å²) in [4.78, 5) is 2.48. The largest absolute Gasteiger partial charge is 0.314 e. The fourth-order valence-corrected chi connectivity index (χ4v) is 3.64. The van der Waals surface area contributed by atoms with E-state index in [1.807, 2.05) is 18.2 Å². The Hall–Kier alpha value is -0.580. The van der Waals surface area contributed by atoms with Crippen molar-refractivity contribution in [2.45, 2.75) is 6.04 Å². The summed E-state index contributed by atoms with van der Waals surface area (Å²) in [6.45, 7) is 4.03. The Bertz CT molecular complexity index is 657. The predicted molar refractivity (Wildman–Crippen MR) is 96.9 cm³/mol. The molecule has 0 bridgehead atoms. The highest BCUT2D eigenvalue weighted by molar-refractivity contribution is 9.10. The fourth-order valence-electron chi connectivity index (χ4n) is 2.91. The third-order valence-corrected chi connectivity index (χ3v) is 5.17. The first kappa shape index (κ1) is 16.3. The van der Waals surface area contributed by atoms with Gasteiger partial charge in [-0.05, 0) is 35.4 Å². The molecule has 116 valence electrons. The maximum Gasteiger partial charge on any atom is 0.0603 e. The third kappa shape index (κ3) is 3.66. The molecule has 1 heterocycles. The van der Waals surface area contributed by atoms with E-state index in [4.69, 9.17) is 23.2 Å². The molecule has 0 aliphatic carbocycles. The van der Waals surface area contributed by atoms with Crippen LogP contribution in [-0.4, -0.2) is 31.1 Å². The van der Waals surface area contributed by atoms with Gasteiger partial charge >= 0.3 is 0 Å². The minimum Gasteiger partial charge on any atom is -0.314 e. The molecule has 1 unspecified atom stereocenters. The maximum absolute atomic E-state index is 6.24. The van der Waals surface area contributed by atoms with Crippen molar-refractivity contribution in [1.29, 1.82) is 0 Å². The van der Waals surface area contributed by atoms with E-state index in [2.05, 4.69) is 50.4 Å². The zero-order valence-corrected chi connectivity index (χ0v) is 15.1. The van der Waals surface area contributed by atoms with Crippen LogP contribution in [0.25, 0.3) is 0 Å². The second kappa shape index (κ2) is 7.33. The second-order valence-corrected chi connectivity index (χ2v) is 7.15. The number of halogens is 3. The molecule has 1 aliphatic rings. The highest BCUT2D eigenvalue weighted by Gasteiger charge is 2.24. The van der Waals surface area contributed by atoms with Gasteiger partial charge in [0.1, 0.15) is 0 Å². The molecule has 1 fully saturated rings. The van der Waals surface area contributed by atoms with Gasteiger partial charge in [0, 0.05) is 30.7 Å². The lowest BCUT2D eigenvalue weighted by molar-refractivity contribution is 0.198. The van der Waals surface area contributed by atoms with E-state index >= 15 is 0 Å². The summed E-state index contributed by atoms with van der Waals surface area (Å²) < 4.78 is 1.09. The van der Waals surface area contributed by atoms with Gasteiger partial charge in [-0.15, -0.1) is 0 Å². The van der Waals surface area contributed by atoms with Gasteiger partial charge < -0.3 is 5.32 Å². The van der Waals surface area contributed by atoms with Crippen LogP contribution in [0.2, 0.25) is 10.0 Å². The van der Waals surface area contributed by atoms with Crippen molar-refractivity contribution in [2.24, 2.45) is 0 Å². The lowest BCUT2D eigenvalue weighted by Gasteiger charge is -2.35. The molecule has 5 heteroatoms. The van der Waals surface area contributed by atoms with Gasteiger partial charge in [-0.25, -0.2) is 0 Å². The molecule has 22 heavy (non-hydrogen) atoms. The SMILES string of the molecule is Clc1ccc(C(c2cccc(Br)c2)N2CCNCC2)cc1Cl. The minimum atomic E-state index is 0.189. The van der Waals surface area contributed by atoms with Gasteiger partial charge in [-0.2, -0.15) is 0 Å². The van der Waals surface area contributed by atoms with E-state index in [1.165, 1.54) is 11.1 Å². The number of rotatable bonds is 3. The Morgan fingerprint density at radius 2 is 1.68 bits per heavy atom. The second-order valence-electron chi connectivity index (χ2n) is 5.42. The quantitative estimate of drug-likeness (QED) is 0.800. The van der Waals surface area contributed by atoms with E-state index in [-0.39, 0.29) is 6.04 Å². The molecule has 0 amide bonds. The lowest BCUT2D eigenvalue weighted by atomic mass is 9.96. The van der Waals surface area contributed by atoms with Crippen LogP contribution in [0.5, 0.6) is 0 Å². The Balaban J connectivity index is 2.03. The van der Waals surface area contributed by atoms with E-state index in [0.29, 0.717) is 10.0 Å². The number of hydrogen-bond donors (Lipinski definition) is 1. The third-order valence-electron chi connectivity index (χ3n) is 3.94. The summed E-state index contributed by atoms with van der Waals surface area (Å²) in [5, 5.41) is 4.61. The average Bonchev–Trinajstić information content (AvgIpc) is 2.52. The van der Waals surface area contributed by atoms with Crippen LogP contribution in [0, 0.1) is 0 Å². The molecule has 0 radical (unpaired) electrons. The molecular weight excluding hydrogens is 383 g/mol. The molecule has 2 aromatic carbocycles. The minimum absolute atomic E-state index is 0.189. The maximum atomic E-state index is 6.24. The number of hydrogen-bond acceptors (Lipinski definition) is 2. The zero-order chi connectivity index (χ0) is 15.5. The average molecular weight is 400 g/mol. The summed E-state index contributed by atoms with van der Waals surface area (Å²) in [6, 6.07) is 14.6. The smallest absolute Gasteiger partial charge is 0.0603 e. The standard InChI is InChI=1S/C17H17BrCl2N2/c18-14-3-1-2-12(10-14)17(22-8-6-21-7-9-22)13-4-5-15(19)16(20)11-13/h1-5,10-11,17,21H,6-9H2. The van der Waals surface area contributed by atoms with Crippen LogP contribution in [-0.2, 0) is 0 Å². The Morgan fingerprint density at radius 3 is 2.36 bits per heavy atom. The van der Waals surface area contributed by atoms with Gasteiger partial charge in [0.2, 0.25) is 0 Å². The molecule has 1 atom stereocenters. The van der Waals surface area contributed by atoms with Crippen molar-refractivity contribution in [3.8, 4) is 0 Å². The Kier molecular flexibility index (Phi) is 5.42. The Labute approximate surface area is 149 Å². The monoisotopic (exact) mass is 398 g/mol. The van der Waals surface area contributed by atoms with Gasteiger partial charge in [0.15, 0.2) is 0 Å². The van der Waals surface area contributed by atoms with Crippen molar-refractivity contribution in [1.82, 2.24) is 10.2 Å². The summed E-state index contributed by atoms with van der Waals surface area (Å²) in [7, 11) is 0. The summed E-state index contributed by atoms with van der Waals surface area (Å²) in [5.74, 6) is 0. The molecule has 1 saturated heterocycles. The number of nitrogens with zero attached hydrogens (tertiary/aromatic N) is 1. The molecule has 2 nitrogen and oxygen atoms in total. The zero-order valence-electron chi connectivity index (χ0n) is 12.0. The lowest BCUT2D eigenvalue weighted by Crippen LogP contribution is -2.45. The molecule has 3 rings (SSSR count). The van der Waals surface area contributed by atoms with Gasteiger partial charge in [0.25, 0.3) is 0 Å². The molecule has 0 spiro atoms. The summed E-state index contributed by atoms with van der Waals surface area (Å²) in [5.41, 5.74) is 2.43. The van der Waals surface area contributed by atoms with Crippen LogP contribution in [0.4, 0.5) is 0 Å². The van der Waals surface area contributed by atoms with Crippen molar-refractivity contribution in [3.05, 3.63) is 68.1 Å². The molecular formula is C17H17BrCl2N2. The van der Waals surface area contributed by atoms with Crippen molar-refractivity contribution >= 4 is 39.1 Å². The van der Waals surface area contributed by atoms with Crippen molar-refractivity contribution in [3.63, 3.8) is 0 Å². The van der Waals surface area contributed by atoms with Crippen LogP contribution < -0.4 is 5.32 Å². The highest BCUT2D eigenvalue weighted by atomic mass is 79.9. The first-order chi connectivity index (χ1) is 10.6. The van der Waals surface area contributed by atoms with Crippen molar-refractivity contribution < 1.29 is 0 Å². The normalized spacial score (nSPS) is 17.4.